The third-order valence-corrected chi connectivity index (χ3v) is 5.70. The molecule has 1 heterocycles. The Kier molecular flexibility index (Phi) is 8.73. The number of esters is 1. The third kappa shape index (κ3) is 6.77. The molecule has 0 saturated heterocycles. The Balaban J connectivity index is 1.88. The number of methoxy groups -OCH3 is 1. The van der Waals surface area contributed by atoms with Gasteiger partial charge in [0.05, 0.1) is 30.5 Å². The summed E-state index contributed by atoms with van der Waals surface area (Å²) in [6.07, 6.45) is -1.18. The van der Waals surface area contributed by atoms with Crippen molar-refractivity contribution in [3.8, 4) is 5.75 Å². The van der Waals surface area contributed by atoms with Crippen LogP contribution in [0.3, 0.4) is 0 Å². The minimum Gasteiger partial charge on any atom is -0.496 e. The lowest BCUT2D eigenvalue weighted by Gasteiger charge is -2.12. The highest BCUT2D eigenvalue weighted by atomic mass is 79.9. The van der Waals surface area contributed by atoms with E-state index in [1.54, 1.807) is 30.3 Å². The van der Waals surface area contributed by atoms with Gasteiger partial charge in [-0.15, -0.1) is 11.3 Å². The average molecular weight is 496 g/mol. The zero-order valence-electron chi connectivity index (χ0n) is 16.8. The first-order valence-corrected chi connectivity index (χ1v) is 10.8. The van der Waals surface area contributed by atoms with E-state index in [1.165, 1.54) is 32.3 Å². The van der Waals surface area contributed by atoms with E-state index < -0.39 is 12.1 Å². The molecule has 1 N–H and O–H groups in total. The number of ether oxygens (including phenoxy) is 2. The van der Waals surface area contributed by atoms with E-state index in [-0.39, 0.29) is 30.3 Å². The van der Waals surface area contributed by atoms with Gasteiger partial charge in [0.2, 0.25) is 11.7 Å². The van der Waals surface area contributed by atoms with Crippen molar-refractivity contribution in [2.24, 2.45) is 0 Å². The van der Waals surface area contributed by atoms with Crippen LogP contribution in [0.4, 0.5) is 0 Å². The Morgan fingerprint density at radius 1 is 1.13 bits per heavy atom. The number of carbonyl (C=O) groups is 4. The molecule has 0 spiro atoms. The quantitative estimate of drug-likeness (QED) is 0.395. The number of hydrogen-bond acceptors (Lipinski definition) is 7. The summed E-state index contributed by atoms with van der Waals surface area (Å²) in [4.78, 5) is 49.2. The zero-order valence-corrected chi connectivity index (χ0v) is 19.2. The summed E-state index contributed by atoms with van der Waals surface area (Å²) in [5.41, 5.74) is 0.370. The predicted octanol–water partition coefficient (Wildman–Crippen LogP) is 3.93. The maximum absolute atomic E-state index is 12.5. The van der Waals surface area contributed by atoms with Crippen LogP contribution >= 0.6 is 27.3 Å². The van der Waals surface area contributed by atoms with Crippen LogP contribution < -0.4 is 10.1 Å². The first kappa shape index (κ1) is 23.8. The van der Waals surface area contributed by atoms with Crippen molar-refractivity contribution in [2.45, 2.75) is 39.3 Å². The molecular weight excluding hydrogens is 474 g/mol. The molecule has 0 fully saturated rings. The average Bonchev–Trinajstić information content (AvgIpc) is 3.18. The predicted molar refractivity (Wildman–Crippen MR) is 116 cm³/mol. The van der Waals surface area contributed by atoms with E-state index in [0.717, 1.165) is 9.35 Å². The molecule has 0 aliphatic rings. The summed E-state index contributed by atoms with van der Waals surface area (Å²) in [5, 5.41) is 2.66. The summed E-state index contributed by atoms with van der Waals surface area (Å²) in [6, 6.07) is 8.43. The van der Waals surface area contributed by atoms with Gasteiger partial charge in [0.1, 0.15) is 5.75 Å². The van der Waals surface area contributed by atoms with Crippen LogP contribution in [-0.4, -0.2) is 36.7 Å². The van der Waals surface area contributed by atoms with Gasteiger partial charge in [-0.25, -0.2) is 0 Å². The van der Waals surface area contributed by atoms with Crippen LogP contribution in [0.25, 0.3) is 0 Å². The molecule has 0 saturated carbocycles. The topological polar surface area (TPSA) is 98.8 Å². The number of Topliss-reactive ketones (excluding diaryl/α,β-unsaturated/α-hetero) is 2. The molecule has 0 aliphatic carbocycles. The van der Waals surface area contributed by atoms with Gasteiger partial charge in [0, 0.05) is 22.7 Å². The monoisotopic (exact) mass is 495 g/mol. The summed E-state index contributed by atoms with van der Waals surface area (Å²) >= 11 is 4.54. The molecule has 0 radical (unpaired) electrons. The Morgan fingerprint density at radius 2 is 1.87 bits per heavy atom. The van der Waals surface area contributed by atoms with Gasteiger partial charge in [-0.05, 0) is 37.3 Å². The van der Waals surface area contributed by atoms with Crippen molar-refractivity contribution < 1.29 is 28.7 Å². The molecule has 9 heteroatoms. The summed E-state index contributed by atoms with van der Waals surface area (Å²) in [7, 11) is 1.47. The number of ketones is 2. The molecule has 1 atom stereocenters. The number of amides is 1. The smallest absolute Gasteiger partial charge is 0.306 e. The fourth-order valence-corrected chi connectivity index (χ4v) is 3.90. The summed E-state index contributed by atoms with van der Waals surface area (Å²) in [6.45, 7) is 3.24. The van der Waals surface area contributed by atoms with Gasteiger partial charge < -0.3 is 14.8 Å². The van der Waals surface area contributed by atoms with Crippen LogP contribution in [0.2, 0.25) is 0 Å². The van der Waals surface area contributed by atoms with Crippen molar-refractivity contribution in [2.75, 3.05) is 7.11 Å². The number of carbonyl (C=O) groups excluding carboxylic acids is 4. The normalized spacial score (nSPS) is 11.5. The van der Waals surface area contributed by atoms with Crippen LogP contribution in [0.15, 0.2) is 34.8 Å². The fourth-order valence-electron chi connectivity index (χ4n) is 2.58. The molecule has 1 amide bonds. The Morgan fingerprint density at radius 3 is 2.53 bits per heavy atom. The highest BCUT2D eigenvalue weighted by Crippen LogP contribution is 2.25. The van der Waals surface area contributed by atoms with E-state index in [9.17, 15) is 19.2 Å². The van der Waals surface area contributed by atoms with Gasteiger partial charge in [0.25, 0.3) is 0 Å². The summed E-state index contributed by atoms with van der Waals surface area (Å²) < 4.78 is 11.1. The van der Waals surface area contributed by atoms with E-state index in [1.807, 2.05) is 0 Å². The number of thiophene rings is 1. The lowest BCUT2D eigenvalue weighted by atomic mass is 10.1. The first-order valence-electron chi connectivity index (χ1n) is 9.14. The molecule has 0 aliphatic heterocycles. The molecule has 30 heavy (non-hydrogen) atoms. The van der Waals surface area contributed by atoms with E-state index in [4.69, 9.17) is 9.47 Å². The Bertz CT molecular complexity index is 955. The van der Waals surface area contributed by atoms with Crippen molar-refractivity contribution in [1.29, 1.82) is 0 Å². The van der Waals surface area contributed by atoms with Crippen molar-refractivity contribution in [3.63, 3.8) is 0 Å². The van der Waals surface area contributed by atoms with E-state index in [2.05, 4.69) is 21.2 Å². The van der Waals surface area contributed by atoms with Gasteiger partial charge in [-0.1, -0.05) is 15.9 Å². The first-order chi connectivity index (χ1) is 14.2. The lowest BCUT2D eigenvalue weighted by molar-refractivity contribution is -0.146. The maximum Gasteiger partial charge on any atom is 0.306 e. The minimum atomic E-state index is -0.972. The number of hydrogen-bond donors (Lipinski definition) is 1. The minimum absolute atomic E-state index is 0.0631. The third-order valence-electron chi connectivity index (χ3n) is 4.11. The second kappa shape index (κ2) is 11.0. The zero-order chi connectivity index (χ0) is 22.3. The molecule has 1 aromatic carbocycles. The van der Waals surface area contributed by atoms with Crippen molar-refractivity contribution in [1.82, 2.24) is 5.32 Å². The molecule has 0 bridgehead atoms. The van der Waals surface area contributed by atoms with E-state index in [0.29, 0.717) is 22.7 Å². The standard InChI is InChI=1S/C21H22BrNO6S/c1-12(21(27)19-8-5-15(30-19)11-23-13(2)24)29-20(26)9-6-17(25)16-10-14(22)4-7-18(16)28-3/h4-5,7-8,10,12H,6,9,11H2,1-3H3,(H,23,24). The molecular formula is C21H22BrNO6S. The van der Waals surface area contributed by atoms with Crippen molar-refractivity contribution in [3.05, 3.63) is 50.1 Å². The SMILES string of the molecule is COc1ccc(Br)cc1C(=O)CCC(=O)OC(C)C(=O)c1ccc(CNC(C)=O)s1. The van der Waals surface area contributed by atoms with Gasteiger partial charge >= 0.3 is 5.97 Å². The number of rotatable bonds is 10. The Hall–Kier alpha value is -2.52. The highest BCUT2D eigenvalue weighted by Gasteiger charge is 2.22. The van der Waals surface area contributed by atoms with Crippen LogP contribution in [0.5, 0.6) is 5.75 Å². The number of halogens is 1. The van der Waals surface area contributed by atoms with Gasteiger partial charge in [-0.3, -0.25) is 19.2 Å². The van der Waals surface area contributed by atoms with E-state index >= 15 is 0 Å². The molecule has 2 rings (SSSR count). The summed E-state index contributed by atoms with van der Waals surface area (Å²) in [5.74, 6) is -0.956. The van der Waals surface area contributed by atoms with Crippen LogP contribution in [0, 0.1) is 0 Å². The highest BCUT2D eigenvalue weighted by molar-refractivity contribution is 9.10. The largest absolute Gasteiger partial charge is 0.496 e. The molecule has 160 valence electrons. The molecule has 1 unspecified atom stereocenters. The fraction of sp³-hybridized carbons (Fsp3) is 0.333. The van der Waals surface area contributed by atoms with Crippen LogP contribution in [-0.2, 0) is 20.9 Å². The van der Waals surface area contributed by atoms with Crippen LogP contribution in [0.1, 0.15) is 51.6 Å². The number of nitrogens with one attached hydrogen (secondary N) is 1. The van der Waals surface area contributed by atoms with Gasteiger partial charge in [-0.2, -0.15) is 0 Å². The maximum atomic E-state index is 12.5. The molecule has 1 aromatic heterocycles. The Labute approximate surface area is 186 Å². The molecule has 2 aromatic rings. The lowest BCUT2D eigenvalue weighted by Crippen LogP contribution is -2.24. The second-order valence-corrected chi connectivity index (χ2v) is 8.52. The second-order valence-electron chi connectivity index (χ2n) is 6.44. The number of benzene rings is 1. The van der Waals surface area contributed by atoms with Crippen molar-refractivity contribution >= 4 is 50.7 Å². The van der Waals surface area contributed by atoms with Gasteiger partial charge in [0.15, 0.2) is 11.9 Å². The molecule has 7 nitrogen and oxygen atoms in total.